The largest absolute Gasteiger partial charge is 0.483 e. The molecule has 126 valence electrons. The lowest BCUT2D eigenvalue weighted by Crippen LogP contribution is -2.20. The summed E-state index contributed by atoms with van der Waals surface area (Å²) in [5.41, 5.74) is 0.530. The van der Waals surface area contributed by atoms with E-state index in [9.17, 15) is 9.18 Å². The second-order valence-corrected chi connectivity index (χ2v) is 6.41. The molecule has 8 heteroatoms. The van der Waals surface area contributed by atoms with Crippen LogP contribution in [0.15, 0.2) is 51.7 Å². The Morgan fingerprint density at radius 2 is 2.00 bits per heavy atom. The maximum absolute atomic E-state index is 13.9. The molecule has 0 aliphatic carbocycles. The Bertz CT molecular complexity index is 1170. The van der Waals surface area contributed by atoms with Gasteiger partial charge in [-0.15, -0.1) is 10.2 Å². The first-order valence-corrected chi connectivity index (χ1v) is 8.25. The van der Waals surface area contributed by atoms with Gasteiger partial charge in [-0.1, -0.05) is 28.1 Å². The number of rotatable bonds is 3. The topological polar surface area (TPSA) is 61.4 Å². The fourth-order valence-corrected chi connectivity index (χ4v) is 3.05. The van der Waals surface area contributed by atoms with Gasteiger partial charge in [0.2, 0.25) is 5.78 Å². The lowest BCUT2D eigenvalue weighted by molar-refractivity contribution is 0.280. The van der Waals surface area contributed by atoms with Crippen molar-refractivity contribution in [1.29, 1.82) is 0 Å². The Kier molecular flexibility index (Phi) is 3.76. The first-order chi connectivity index (χ1) is 12.1. The zero-order chi connectivity index (χ0) is 17.6. The van der Waals surface area contributed by atoms with Crippen LogP contribution in [0.1, 0.15) is 5.82 Å². The van der Waals surface area contributed by atoms with E-state index >= 15 is 0 Å². The Morgan fingerprint density at radius 3 is 2.80 bits per heavy atom. The standard InChI is InChI=1S/C17H12BrFN4O2/c1-22-16(24)11-4-2-3-5-13(11)23-15(20-21-17(22)23)9-25-14-7-6-10(18)8-12(14)19/h2-8H,9H2,1H3. The molecule has 2 aromatic carbocycles. The van der Waals surface area contributed by atoms with Gasteiger partial charge in [0.1, 0.15) is 6.61 Å². The van der Waals surface area contributed by atoms with Crippen molar-refractivity contribution in [2.45, 2.75) is 6.61 Å². The first kappa shape index (κ1) is 15.8. The van der Waals surface area contributed by atoms with Gasteiger partial charge in [-0.2, -0.15) is 0 Å². The van der Waals surface area contributed by atoms with Gasteiger partial charge in [-0.3, -0.25) is 13.8 Å². The maximum atomic E-state index is 13.9. The van der Waals surface area contributed by atoms with E-state index in [1.807, 2.05) is 12.1 Å². The molecule has 0 fully saturated rings. The fraction of sp³-hybridized carbons (Fsp3) is 0.118. The van der Waals surface area contributed by atoms with Crippen molar-refractivity contribution in [3.05, 3.63) is 68.9 Å². The van der Waals surface area contributed by atoms with E-state index in [2.05, 4.69) is 26.1 Å². The minimum absolute atomic E-state index is 0.0158. The number of hydrogen-bond acceptors (Lipinski definition) is 4. The number of nitrogens with zero attached hydrogens (tertiary/aromatic N) is 4. The van der Waals surface area contributed by atoms with Crippen molar-refractivity contribution in [3.63, 3.8) is 0 Å². The van der Waals surface area contributed by atoms with E-state index < -0.39 is 5.82 Å². The second-order valence-electron chi connectivity index (χ2n) is 5.50. The predicted octanol–water partition coefficient (Wildman–Crippen LogP) is 3.06. The van der Waals surface area contributed by atoms with Crippen molar-refractivity contribution < 1.29 is 9.13 Å². The van der Waals surface area contributed by atoms with E-state index in [1.54, 1.807) is 29.6 Å². The van der Waals surface area contributed by atoms with E-state index in [4.69, 9.17) is 4.74 Å². The summed E-state index contributed by atoms with van der Waals surface area (Å²) < 4.78 is 23.3. The summed E-state index contributed by atoms with van der Waals surface area (Å²) in [5.74, 6) is 0.525. The van der Waals surface area contributed by atoms with Crippen molar-refractivity contribution in [2.24, 2.45) is 7.05 Å². The van der Waals surface area contributed by atoms with Crippen LogP contribution >= 0.6 is 15.9 Å². The van der Waals surface area contributed by atoms with Crippen LogP contribution in [0, 0.1) is 5.82 Å². The third kappa shape index (κ3) is 2.58. The summed E-state index contributed by atoms with van der Waals surface area (Å²) in [6.07, 6.45) is 0. The molecule has 4 aromatic rings. The van der Waals surface area contributed by atoms with Crippen LogP contribution in [0.25, 0.3) is 16.7 Å². The highest BCUT2D eigenvalue weighted by Crippen LogP contribution is 2.22. The molecule has 4 rings (SSSR count). The summed E-state index contributed by atoms with van der Waals surface area (Å²) in [4.78, 5) is 12.4. The Hall–Kier alpha value is -2.74. The zero-order valence-corrected chi connectivity index (χ0v) is 14.7. The van der Waals surface area contributed by atoms with Gasteiger partial charge in [0, 0.05) is 11.5 Å². The zero-order valence-electron chi connectivity index (χ0n) is 13.1. The minimum atomic E-state index is -0.472. The number of aryl methyl sites for hydroxylation is 1. The van der Waals surface area contributed by atoms with Gasteiger partial charge in [0.25, 0.3) is 5.56 Å². The average molecular weight is 403 g/mol. The van der Waals surface area contributed by atoms with Crippen LogP contribution in [0.3, 0.4) is 0 Å². The molecule has 0 N–H and O–H groups in total. The Morgan fingerprint density at radius 1 is 1.20 bits per heavy atom. The predicted molar refractivity (Wildman–Crippen MR) is 94.2 cm³/mol. The molecule has 0 saturated heterocycles. The number of ether oxygens (including phenoxy) is 1. The highest BCUT2D eigenvalue weighted by molar-refractivity contribution is 9.10. The number of para-hydroxylation sites is 1. The fourth-order valence-electron chi connectivity index (χ4n) is 2.72. The smallest absolute Gasteiger partial charge is 0.262 e. The minimum Gasteiger partial charge on any atom is -0.483 e. The molecular weight excluding hydrogens is 391 g/mol. The summed E-state index contributed by atoms with van der Waals surface area (Å²) in [7, 11) is 1.64. The van der Waals surface area contributed by atoms with Crippen LogP contribution in [0.4, 0.5) is 4.39 Å². The lowest BCUT2D eigenvalue weighted by Gasteiger charge is -2.09. The number of aromatic nitrogens is 4. The second kappa shape index (κ2) is 5.96. The lowest BCUT2D eigenvalue weighted by atomic mass is 10.2. The third-order valence-corrected chi connectivity index (χ3v) is 4.44. The normalized spacial score (nSPS) is 11.3. The molecule has 2 heterocycles. The molecule has 0 saturated carbocycles. The van der Waals surface area contributed by atoms with E-state index in [0.717, 1.165) is 0 Å². The summed E-state index contributed by atoms with van der Waals surface area (Å²) in [6, 6.07) is 11.8. The summed E-state index contributed by atoms with van der Waals surface area (Å²) >= 11 is 3.21. The molecular formula is C17H12BrFN4O2. The Labute approximate surface area is 149 Å². The number of hydrogen-bond donors (Lipinski definition) is 0. The number of benzene rings is 2. The van der Waals surface area contributed by atoms with Gasteiger partial charge >= 0.3 is 0 Å². The molecule has 0 aliphatic rings. The van der Waals surface area contributed by atoms with Crippen molar-refractivity contribution in [3.8, 4) is 5.75 Å². The molecule has 2 aromatic heterocycles. The van der Waals surface area contributed by atoms with Crippen LogP contribution in [0.5, 0.6) is 5.75 Å². The Balaban J connectivity index is 1.82. The molecule has 0 radical (unpaired) electrons. The van der Waals surface area contributed by atoms with Crippen LogP contribution in [-0.4, -0.2) is 19.2 Å². The summed E-state index contributed by atoms with van der Waals surface area (Å²) in [6.45, 7) is 0.0158. The van der Waals surface area contributed by atoms with Crippen molar-refractivity contribution in [1.82, 2.24) is 19.2 Å². The molecule has 0 amide bonds. The molecule has 25 heavy (non-hydrogen) atoms. The molecule has 0 bridgehead atoms. The molecule has 0 atom stereocenters. The van der Waals surface area contributed by atoms with Crippen molar-refractivity contribution >= 4 is 32.6 Å². The highest BCUT2D eigenvalue weighted by Gasteiger charge is 2.15. The molecule has 6 nitrogen and oxygen atoms in total. The first-order valence-electron chi connectivity index (χ1n) is 7.46. The molecule has 0 spiro atoms. The highest BCUT2D eigenvalue weighted by atomic mass is 79.9. The van der Waals surface area contributed by atoms with Gasteiger partial charge in [0.05, 0.1) is 10.9 Å². The van der Waals surface area contributed by atoms with Crippen molar-refractivity contribution in [2.75, 3.05) is 0 Å². The van der Waals surface area contributed by atoms with Gasteiger partial charge in [-0.05, 0) is 30.3 Å². The van der Waals surface area contributed by atoms with E-state index in [-0.39, 0.29) is 17.9 Å². The SMILES string of the molecule is Cn1c(=O)c2ccccc2n2c(COc3ccc(Br)cc3F)nnc12. The van der Waals surface area contributed by atoms with Crippen LogP contribution < -0.4 is 10.3 Å². The monoisotopic (exact) mass is 402 g/mol. The van der Waals surface area contributed by atoms with E-state index in [1.165, 1.54) is 16.7 Å². The molecule has 0 aliphatic heterocycles. The third-order valence-electron chi connectivity index (χ3n) is 3.94. The van der Waals surface area contributed by atoms with Gasteiger partial charge < -0.3 is 4.74 Å². The average Bonchev–Trinajstić information content (AvgIpc) is 3.03. The number of fused-ring (bicyclic) bond motifs is 3. The quantitative estimate of drug-likeness (QED) is 0.528. The summed E-state index contributed by atoms with van der Waals surface area (Å²) in [5, 5.41) is 8.73. The number of halogens is 2. The van der Waals surface area contributed by atoms with Gasteiger partial charge in [-0.25, -0.2) is 4.39 Å². The van der Waals surface area contributed by atoms with Gasteiger partial charge in [0.15, 0.2) is 17.4 Å². The van der Waals surface area contributed by atoms with E-state index in [0.29, 0.717) is 27.0 Å². The van der Waals surface area contributed by atoms with Crippen LogP contribution in [0.2, 0.25) is 0 Å². The maximum Gasteiger partial charge on any atom is 0.262 e. The molecule has 0 unspecified atom stereocenters. The van der Waals surface area contributed by atoms with Crippen LogP contribution in [-0.2, 0) is 13.7 Å².